The molecule has 0 aliphatic carbocycles. The van der Waals surface area contributed by atoms with Crippen molar-refractivity contribution in [2.24, 2.45) is 5.10 Å². The van der Waals surface area contributed by atoms with E-state index in [2.05, 4.69) is 15.1 Å². The number of rotatable bonds is 8. The monoisotopic (exact) mass is 488 g/mol. The van der Waals surface area contributed by atoms with Crippen LogP contribution in [0.5, 0.6) is 0 Å². The molecule has 33 heavy (non-hydrogen) atoms. The van der Waals surface area contributed by atoms with E-state index < -0.39 is 28.1 Å². The van der Waals surface area contributed by atoms with Gasteiger partial charge in [-0.2, -0.15) is 0 Å². The second-order valence-corrected chi connectivity index (χ2v) is 9.81. The molecule has 0 aromatic heterocycles. The molecule has 0 bridgehead atoms. The van der Waals surface area contributed by atoms with Crippen molar-refractivity contribution in [1.29, 1.82) is 0 Å². The van der Waals surface area contributed by atoms with Gasteiger partial charge in [0.25, 0.3) is 0 Å². The summed E-state index contributed by atoms with van der Waals surface area (Å²) in [6.45, 7) is 5.33. The van der Waals surface area contributed by atoms with Crippen molar-refractivity contribution >= 4 is 40.0 Å². The van der Waals surface area contributed by atoms with Gasteiger partial charge in [0.1, 0.15) is 4.87 Å². The maximum absolute atomic E-state index is 13.0. The van der Waals surface area contributed by atoms with Gasteiger partial charge in [-0.3, -0.25) is 14.1 Å². The highest BCUT2D eigenvalue weighted by molar-refractivity contribution is 8.14. The first kappa shape index (κ1) is 25.1. The maximum Gasteiger partial charge on any atom is 0.244 e. The Labute approximate surface area is 200 Å². The number of hydrogen-bond acceptors (Lipinski definition) is 5. The molecule has 8 nitrogen and oxygen atoms in total. The molecule has 176 valence electrons. The van der Waals surface area contributed by atoms with Crippen LogP contribution in [-0.2, 0) is 25.7 Å². The van der Waals surface area contributed by atoms with Gasteiger partial charge in [-0.1, -0.05) is 79.3 Å². The lowest BCUT2D eigenvalue weighted by atomic mass is 9.98. The van der Waals surface area contributed by atoms with E-state index in [0.717, 1.165) is 11.1 Å². The Balaban J connectivity index is 1.93. The molecule has 2 aromatic rings. The number of nitrogens with zero attached hydrogens (tertiary/aromatic N) is 2. The van der Waals surface area contributed by atoms with Gasteiger partial charge in [0.15, 0.2) is 5.17 Å². The van der Waals surface area contributed by atoms with Gasteiger partial charge >= 0.3 is 0 Å². The van der Waals surface area contributed by atoms with Crippen LogP contribution in [0.1, 0.15) is 50.7 Å². The second-order valence-electron chi connectivity index (χ2n) is 7.81. The number of amides is 2. The number of hydrogen-bond donors (Lipinski definition) is 3. The molecule has 1 heterocycles. The molecule has 4 unspecified atom stereocenters. The fourth-order valence-electron chi connectivity index (χ4n) is 3.71. The zero-order chi connectivity index (χ0) is 24.0. The number of hydrazone groups is 1. The minimum atomic E-state index is -2.21. The number of carbonyl (C=O) groups is 2. The van der Waals surface area contributed by atoms with Crippen LogP contribution >= 0.6 is 11.8 Å². The zero-order valence-electron chi connectivity index (χ0n) is 18.7. The smallest absolute Gasteiger partial charge is 0.244 e. The van der Waals surface area contributed by atoms with Gasteiger partial charge < -0.3 is 5.32 Å². The largest absolute Gasteiger partial charge is 0.303 e. The Bertz CT molecular complexity index is 1040. The first-order valence-corrected chi connectivity index (χ1v) is 12.6. The maximum atomic E-state index is 13.0. The van der Waals surface area contributed by atoms with E-state index in [9.17, 15) is 18.4 Å². The normalized spacial score (nSPS) is 20.6. The summed E-state index contributed by atoms with van der Waals surface area (Å²) in [5, 5.41) is 9.09. The predicted octanol–water partition coefficient (Wildman–Crippen LogP) is 3.52. The Morgan fingerprint density at radius 2 is 1.73 bits per heavy atom. The van der Waals surface area contributed by atoms with E-state index in [1.807, 2.05) is 67.6 Å². The van der Waals surface area contributed by atoms with Crippen molar-refractivity contribution < 1.29 is 18.4 Å². The fourth-order valence-corrected chi connectivity index (χ4v) is 5.55. The van der Waals surface area contributed by atoms with Crippen molar-refractivity contribution in [2.45, 2.75) is 50.4 Å². The van der Waals surface area contributed by atoms with E-state index in [0.29, 0.717) is 5.17 Å². The molecule has 2 aromatic carbocycles. The molecule has 0 fully saturated rings. The SMILES string of the molecule is CCC(=O)N1N=C(NC(=O)C(C)c2ccccc2)SC1(CC(C)NS(=O)O)c1ccccc1. The number of benzene rings is 2. The molecule has 0 spiro atoms. The summed E-state index contributed by atoms with van der Waals surface area (Å²) >= 11 is -0.947. The average molecular weight is 489 g/mol. The lowest BCUT2D eigenvalue weighted by Crippen LogP contribution is -2.45. The molecule has 3 N–H and O–H groups in total. The van der Waals surface area contributed by atoms with E-state index in [1.165, 1.54) is 16.8 Å². The zero-order valence-corrected chi connectivity index (χ0v) is 20.4. The van der Waals surface area contributed by atoms with E-state index in [-0.39, 0.29) is 24.7 Å². The first-order valence-electron chi connectivity index (χ1n) is 10.7. The number of thioether (sulfide) groups is 1. The van der Waals surface area contributed by atoms with Crippen molar-refractivity contribution in [3.05, 3.63) is 71.8 Å². The van der Waals surface area contributed by atoms with Gasteiger partial charge in [-0.15, -0.1) is 5.10 Å². The fraction of sp³-hybridized carbons (Fsp3) is 0.348. The van der Waals surface area contributed by atoms with Crippen LogP contribution in [-0.4, -0.2) is 36.8 Å². The molecule has 0 saturated carbocycles. The third kappa shape index (κ3) is 5.89. The summed E-state index contributed by atoms with van der Waals surface area (Å²) in [4.78, 5) is 24.9. The van der Waals surface area contributed by atoms with Crippen LogP contribution < -0.4 is 10.0 Å². The van der Waals surface area contributed by atoms with Crippen molar-refractivity contribution in [2.75, 3.05) is 0 Å². The summed E-state index contributed by atoms with van der Waals surface area (Å²) < 4.78 is 23.2. The van der Waals surface area contributed by atoms with E-state index in [4.69, 9.17) is 0 Å². The van der Waals surface area contributed by atoms with Crippen LogP contribution in [0.3, 0.4) is 0 Å². The average Bonchev–Trinajstić information content (AvgIpc) is 3.17. The van der Waals surface area contributed by atoms with Crippen molar-refractivity contribution in [1.82, 2.24) is 15.0 Å². The first-order chi connectivity index (χ1) is 15.8. The molecule has 1 aliphatic rings. The molecular weight excluding hydrogens is 460 g/mol. The number of carbonyl (C=O) groups excluding carboxylic acids is 2. The van der Waals surface area contributed by atoms with Crippen LogP contribution in [0.25, 0.3) is 0 Å². The summed E-state index contributed by atoms with van der Waals surface area (Å²) in [6.07, 6.45) is 0.505. The highest BCUT2D eigenvalue weighted by Gasteiger charge is 2.49. The minimum Gasteiger partial charge on any atom is -0.303 e. The Morgan fingerprint density at radius 1 is 1.12 bits per heavy atom. The number of amidine groups is 1. The summed E-state index contributed by atoms with van der Waals surface area (Å²) in [5.41, 5.74) is 1.68. The topological polar surface area (TPSA) is 111 Å². The van der Waals surface area contributed by atoms with Gasteiger partial charge in [0.05, 0.1) is 5.92 Å². The quantitative estimate of drug-likeness (QED) is 0.493. The van der Waals surface area contributed by atoms with E-state index >= 15 is 0 Å². The van der Waals surface area contributed by atoms with Gasteiger partial charge in [0.2, 0.25) is 23.1 Å². The Morgan fingerprint density at radius 3 is 2.30 bits per heavy atom. The third-order valence-corrected chi connectivity index (χ3v) is 7.26. The molecule has 3 rings (SSSR count). The second kappa shape index (κ2) is 11.1. The van der Waals surface area contributed by atoms with Gasteiger partial charge in [0, 0.05) is 18.9 Å². The van der Waals surface area contributed by atoms with Crippen LogP contribution in [0.4, 0.5) is 0 Å². The lowest BCUT2D eigenvalue weighted by molar-refractivity contribution is -0.134. The molecular formula is C23H28N4O4S2. The molecule has 0 saturated heterocycles. The molecule has 4 atom stereocenters. The van der Waals surface area contributed by atoms with Crippen LogP contribution in [0.2, 0.25) is 0 Å². The standard InChI is InChI=1S/C23H28N4O4S2/c1-4-20(28)27-23(15-16(2)26-33(30)31,19-13-9-6-10-14-19)32-22(25-27)24-21(29)17(3)18-11-7-5-8-12-18/h5-14,16-17,26H,4,15H2,1-3H3,(H,30,31)(H,24,25,29). The van der Waals surface area contributed by atoms with Crippen molar-refractivity contribution in [3.8, 4) is 0 Å². The summed E-state index contributed by atoms with van der Waals surface area (Å²) in [5.74, 6) is -0.860. The third-order valence-electron chi connectivity index (χ3n) is 5.37. The molecule has 0 radical (unpaired) electrons. The predicted molar refractivity (Wildman–Crippen MR) is 131 cm³/mol. The van der Waals surface area contributed by atoms with Crippen molar-refractivity contribution in [3.63, 3.8) is 0 Å². The highest BCUT2D eigenvalue weighted by Crippen LogP contribution is 2.49. The van der Waals surface area contributed by atoms with Crippen LogP contribution in [0.15, 0.2) is 65.8 Å². The summed E-state index contributed by atoms with van der Waals surface area (Å²) in [6, 6.07) is 18.4. The number of nitrogens with one attached hydrogen (secondary N) is 2. The minimum absolute atomic E-state index is 0.216. The Hall–Kier alpha value is -2.53. The molecule has 2 amide bonds. The summed E-state index contributed by atoms with van der Waals surface area (Å²) in [7, 11) is 0. The highest BCUT2D eigenvalue weighted by atomic mass is 32.2. The lowest BCUT2D eigenvalue weighted by Gasteiger charge is -2.37. The van der Waals surface area contributed by atoms with Gasteiger partial charge in [-0.05, 0) is 25.0 Å². The van der Waals surface area contributed by atoms with Gasteiger partial charge in [-0.25, -0.2) is 13.9 Å². The Kier molecular flexibility index (Phi) is 8.41. The van der Waals surface area contributed by atoms with E-state index in [1.54, 1.807) is 13.8 Å². The molecule has 1 aliphatic heterocycles. The molecule has 10 heteroatoms. The van der Waals surface area contributed by atoms with Crippen LogP contribution in [0, 0.1) is 0 Å².